The Morgan fingerprint density at radius 1 is 1.17 bits per heavy atom. The second kappa shape index (κ2) is 8.61. The minimum atomic E-state index is -1.02. The van der Waals surface area contributed by atoms with Crippen molar-refractivity contribution in [3.05, 3.63) is 93.8 Å². The van der Waals surface area contributed by atoms with E-state index in [-0.39, 0.29) is 22.0 Å². The number of carbonyl (C=O) groups excluding carboxylic acids is 2. The number of ketones is 1. The van der Waals surface area contributed by atoms with Crippen LogP contribution in [-0.4, -0.2) is 38.8 Å². The number of aliphatic hydroxyl groups is 1. The SMILES string of the molecule is COc1ccccc1/C(O)=C1\C(=O)C(=O)N(c2nc3ccc([N+](=O)[O-])cc3s2)C1c1cccnc1. The Balaban J connectivity index is 1.72. The molecule has 10 nitrogen and oxygen atoms in total. The predicted molar refractivity (Wildman–Crippen MR) is 128 cm³/mol. The van der Waals surface area contributed by atoms with Crippen molar-refractivity contribution in [2.45, 2.75) is 6.04 Å². The quantitative estimate of drug-likeness (QED) is 0.145. The maximum Gasteiger partial charge on any atom is 0.301 e. The van der Waals surface area contributed by atoms with Gasteiger partial charge in [0.25, 0.3) is 11.5 Å². The monoisotopic (exact) mass is 488 g/mol. The number of rotatable bonds is 5. The second-order valence-corrected chi connectivity index (χ2v) is 8.57. The lowest BCUT2D eigenvalue weighted by molar-refractivity contribution is -0.384. The summed E-state index contributed by atoms with van der Waals surface area (Å²) in [4.78, 5) is 47.0. The maximum absolute atomic E-state index is 13.3. The van der Waals surface area contributed by atoms with Crippen LogP contribution in [0.5, 0.6) is 5.75 Å². The van der Waals surface area contributed by atoms with Crippen molar-refractivity contribution in [1.82, 2.24) is 9.97 Å². The molecule has 1 amide bonds. The molecule has 0 saturated carbocycles. The predicted octanol–water partition coefficient (Wildman–Crippen LogP) is 4.23. The fourth-order valence-corrected chi connectivity index (χ4v) is 5.01. The van der Waals surface area contributed by atoms with Crippen LogP contribution in [0.25, 0.3) is 16.0 Å². The van der Waals surface area contributed by atoms with Crippen LogP contribution in [0.1, 0.15) is 17.2 Å². The van der Waals surface area contributed by atoms with Gasteiger partial charge in [-0.05, 0) is 29.8 Å². The summed E-state index contributed by atoms with van der Waals surface area (Å²) in [6.45, 7) is 0. The van der Waals surface area contributed by atoms with Gasteiger partial charge in [0.15, 0.2) is 5.13 Å². The van der Waals surface area contributed by atoms with Gasteiger partial charge in [-0.25, -0.2) is 4.98 Å². The number of amides is 1. The van der Waals surface area contributed by atoms with Crippen molar-refractivity contribution in [1.29, 1.82) is 0 Å². The van der Waals surface area contributed by atoms with Gasteiger partial charge in [0.2, 0.25) is 0 Å². The molecule has 1 fully saturated rings. The lowest BCUT2D eigenvalue weighted by Gasteiger charge is -2.22. The van der Waals surface area contributed by atoms with Crippen molar-refractivity contribution in [2.24, 2.45) is 0 Å². The molecule has 1 saturated heterocycles. The highest BCUT2D eigenvalue weighted by atomic mass is 32.1. The number of ether oxygens (including phenoxy) is 1. The normalized spacial score (nSPS) is 17.2. The van der Waals surface area contributed by atoms with Crippen LogP contribution < -0.4 is 9.64 Å². The molecule has 11 heteroatoms. The van der Waals surface area contributed by atoms with E-state index in [1.54, 1.807) is 42.6 Å². The number of fused-ring (bicyclic) bond motifs is 1. The van der Waals surface area contributed by atoms with E-state index in [0.717, 1.165) is 11.3 Å². The third-order valence-electron chi connectivity index (χ3n) is 5.58. The molecule has 1 aliphatic heterocycles. The Labute approximate surface area is 201 Å². The van der Waals surface area contributed by atoms with E-state index in [2.05, 4.69) is 9.97 Å². The number of hydrogen-bond acceptors (Lipinski definition) is 9. The van der Waals surface area contributed by atoms with Gasteiger partial charge >= 0.3 is 5.91 Å². The Morgan fingerprint density at radius 3 is 2.69 bits per heavy atom. The molecule has 0 aliphatic carbocycles. The molecule has 35 heavy (non-hydrogen) atoms. The minimum Gasteiger partial charge on any atom is -0.507 e. The Kier molecular flexibility index (Phi) is 5.46. The fraction of sp³-hybridized carbons (Fsp3) is 0.0833. The lowest BCUT2D eigenvalue weighted by atomic mass is 9.96. The van der Waals surface area contributed by atoms with Gasteiger partial charge in [-0.2, -0.15) is 0 Å². The number of nitro benzene ring substituents is 1. The number of non-ortho nitro benzene ring substituents is 1. The minimum absolute atomic E-state index is 0.116. The molecular weight excluding hydrogens is 472 g/mol. The highest BCUT2D eigenvalue weighted by Gasteiger charge is 2.48. The molecule has 2 aromatic carbocycles. The largest absolute Gasteiger partial charge is 0.507 e. The molecule has 1 atom stereocenters. The summed E-state index contributed by atoms with van der Waals surface area (Å²) in [5.41, 5.74) is 0.912. The number of anilines is 1. The molecule has 5 rings (SSSR count). The van der Waals surface area contributed by atoms with Gasteiger partial charge in [0, 0.05) is 24.5 Å². The van der Waals surface area contributed by atoms with Crippen molar-refractivity contribution in [3.8, 4) is 5.75 Å². The number of pyridine rings is 1. The molecule has 1 N–H and O–H groups in total. The summed E-state index contributed by atoms with van der Waals surface area (Å²) in [5.74, 6) is -1.85. The van der Waals surface area contributed by atoms with Crippen LogP contribution in [0.3, 0.4) is 0 Å². The van der Waals surface area contributed by atoms with Gasteiger partial charge in [-0.3, -0.25) is 29.6 Å². The van der Waals surface area contributed by atoms with E-state index in [0.29, 0.717) is 21.5 Å². The number of methoxy groups -OCH3 is 1. The first-order valence-corrected chi connectivity index (χ1v) is 11.1. The average Bonchev–Trinajstić information content (AvgIpc) is 3.41. The van der Waals surface area contributed by atoms with Crippen LogP contribution in [0.2, 0.25) is 0 Å². The van der Waals surface area contributed by atoms with E-state index in [4.69, 9.17) is 4.74 Å². The van der Waals surface area contributed by atoms with Crippen LogP contribution in [0.4, 0.5) is 10.8 Å². The third-order valence-corrected chi connectivity index (χ3v) is 6.60. The number of benzene rings is 2. The van der Waals surface area contributed by atoms with E-state index < -0.39 is 28.4 Å². The van der Waals surface area contributed by atoms with Crippen LogP contribution in [0, 0.1) is 10.1 Å². The summed E-state index contributed by atoms with van der Waals surface area (Å²) in [6, 6.07) is 13.1. The Bertz CT molecular complexity index is 1530. The molecule has 2 aromatic heterocycles. The van der Waals surface area contributed by atoms with Gasteiger partial charge in [0.1, 0.15) is 11.5 Å². The number of carbonyl (C=O) groups is 2. The number of aliphatic hydroxyl groups excluding tert-OH is 1. The molecule has 4 aromatic rings. The molecule has 0 bridgehead atoms. The number of nitrogens with zero attached hydrogens (tertiary/aromatic N) is 4. The zero-order valence-corrected chi connectivity index (χ0v) is 18.9. The second-order valence-electron chi connectivity index (χ2n) is 7.56. The van der Waals surface area contributed by atoms with E-state index in [1.165, 1.54) is 36.4 Å². The molecule has 0 spiro atoms. The molecule has 3 heterocycles. The fourth-order valence-electron chi connectivity index (χ4n) is 3.99. The van der Waals surface area contributed by atoms with Gasteiger partial charge < -0.3 is 9.84 Å². The molecule has 1 unspecified atom stereocenters. The number of nitro groups is 1. The number of aromatic nitrogens is 2. The first-order chi connectivity index (χ1) is 16.9. The van der Waals surface area contributed by atoms with E-state index >= 15 is 0 Å². The van der Waals surface area contributed by atoms with Crippen molar-refractivity contribution in [3.63, 3.8) is 0 Å². The van der Waals surface area contributed by atoms with Gasteiger partial charge in [-0.1, -0.05) is 29.5 Å². The van der Waals surface area contributed by atoms with Crippen molar-refractivity contribution >= 4 is 49.8 Å². The van der Waals surface area contributed by atoms with E-state index in [9.17, 15) is 24.8 Å². The van der Waals surface area contributed by atoms with Gasteiger partial charge in [-0.15, -0.1) is 0 Å². The standard InChI is InChI=1S/C24H16N4O6S/c1-34-17-7-3-2-6-15(17)21(29)19-20(13-5-4-10-25-12-13)27(23(31)22(19)30)24-26-16-9-8-14(28(32)33)11-18(16)35-24/h2-12,20,29H,1H3/b21-19+. The summed E-state index contributed by atoms with van der Waals surface area (Å²) in [7, 11) is 1.43. The third kappa shape index (κ3) is 3.67. The summed E-state index contributed by atoms with van der Waals surface area (Å²) < 4.78 is 5.81. The van der Waals surface area contributed by atoms with Crippen LogP contribution in [-0.2, 0) is 9.59 Å². The van der Waals surface area contributed by atoms with E-state index in [1.807, 2.05) is 0 Å². The molecule has 0 radical (unpaired) electrons. The zero-order valence-electron chi connectivity index (χ0n) is 18.1. The van der Waals surface area contributed by atoms with Crippen LogP contribution in [0.15, 0.2) is 72.6 Å². The van der Waals surface area contributed by atoms with Crippen LogP contribution >= 0.6 is 11.3 Å². The summed E-state index contributed by atoms with van der Waals surface area (Å²) in [6.07, 6.45) is 3.05. The number of thiazole rings is 1. The lowest BCUT2D eigenvalue weighted by Crippen LogP contribution is -2.29. The zero-order chi connectivity index (χ0) is 24.7. The Morgan fingerprint density at radius 2 is 1.97 bits per heavy atom. The number of para-hydroxylation sites is 1. The highest BCUT2D eigenvalue weighted by Crippen LogP contribution is 2.45. The number of Topliss-reactive ketones (excluding diaryl/α,β-unsaturated/α-hetero) is 1. The topological polar surface area (TPSA) is 136 Å². The molecule has 174 valence electrons. The number of hydrogen-bond donors (Lipinski definition) is 1. The molecular formula is C24H16N4O6S. The van der Waals surface area contributed by atoms with Crippen molar-refractivity contribution < 1.29 is 24.4 Å². The highest BCUT2D eigenvalue weighted by molar-refractivity contribution is 7.22. The van der Waals surface area contributed by atoms with Gasteiger partial charge in [0.05, 0.1) is 39.4 Å². The average molecular weight is 488 g/mol. The smallest absolute Gasteiger partial charge is 0.301 e. The maximum atomic E-state index is 13.3. The first kappa shape index (κ1) is 22.2. The van der Waals surface area contributed by atoms with Crippen molar-refractivity contribution in [2.75, 3.05) is 12.0 Å². The summed E-state index contributed by atoms with van der Waals surface area (Å²) in [5, 5.41) is 22.6. The molecule has 1 aliphatic rings. The first-order valence-electron chi connectivity index (χ1n) is 10.3. The Hall–Kier alpha value is -4.64. The summed E-state index contributed by atoms with van der Waals surface area (Å²) >= 11 is 1.04.